The molecule has 0 spiro atoms. The van der Waals surface area contributed by atoms with Gasteiger partial charge in [0.2, 0.25) is 0 Å². The van der Waals surface area contributed by atoms with E-state index in [9.17, 15) is 4.79 Å². The minimum atomic E-state index is -0.305. The van der Waals surface area contributed by atoms with Crippen molar-refractivity contribution in [1.82, 2.24) is 0 Å². The van der Waals surface area contributed by atoms with Crippen LogP contribution in [0.2, 0.25) is 0 Å². The van der Waals surface area contributed by atoms with E-state index in [4.69, 9.17) is 4.42 Å². The van der Waals surface area contributed by atoms with Crippen LogP contribution in [0.4, 0.5) is 0 Å². The molecule has 2 nitrogen and oxygen atoms in total. The molecule has 0 aliphatic heterocycles. The highest BCUT2D eigenvalue weighted by Crippen LogP contribution is 2.25. The van der Waals surface area contributed by atoms with E-state index < -0.39 is 0 Å². The van der Waals surface area contributed by atoms with Gasteiger partial charge >= 0.3 is 5.63 Å². The van der Waals surface area contributed by atoms with Crippen LogP contribution in [0.5, 0.6) is 0 Å². The number of aryl methyl sites for hydroxylation is 1. The van der Waals surface area contributed by atoms with Gasteiger partial charge in [-0.15, -0.1) is 0 Å². The molecule has 0 amide bonds. The average molecular weight is 262 g/mol. The summed E-state index contributed by atoms with van der Waals surface area (Å²) in [4.78, 5) is 12.2. The van der Waals surface area contributed by atoms with Gasteiger partial charge in [0.1, 0.15) is 5.76 Å². The first-order chi connectivity index (χ1) is 9.75. The van der Waals surface area contributed by atoms with Gasteiger partial charge in [0, 0.05) is 5.56 Å². The van der Waals surface area contributed by atoms with Crippen molar-refractivity contribution in [2.24, 2.45) is 0 Å². The predicted molar refractivity (Wildman–Crippen MR) is 80.6 cm³/mol. The van der Waals surface area contributed by atoms with Gasteiger partial charge in [-0.3, -0.25) is 0 Å². The maximum atomic E-state index is 12.2. The largest absolute Gasteiger partial charge is 0.422 e. The molecule has 98 valence electrons. The molecule has 0 radical (unpaired) electrons. The number of rotatable bonds is 2. The average Bonchev–Trinajstić information content (AvgIpc) is 2.51. The summed E-state index contributed by atoms with van der Waals surface area (Å²) in [5.41, 5.74) is 3.05. The third-order valence-electron chi connectivity index (χ3n) is 3.25. The molecule has 0 N–H and O–H groups in total. The smallest absolute Gasteiger partial charge is 0.344 e. The Bertz CT molecular complexity index is 772. The summed E-state index contributed by atoms with van der Waals surface area (Å²) in [5.74, 6) is 0.635. The van der Waals surface area contributed by atoms with Crippen LogP contribution >= 0.6 is 0 Å². The van der Waals surface area contributed by atoms with Crippen LogP contribution in [0.3, 0.4) is 0 Å². The Balaban J connectivity index is 2.15. The minimum Gasteiger partial charge on any atom is -0.422 e. The summed E-state index contributed by atoms with van der Waals surface area (Å²) in [6.45, 7) is 1.96. The van der Waals surface area contributed by atoms with E-state index >= 15 is 0 Å². The highest BCUT2D eigenvalue weighted by Gasteiger charge is 2.11. The SMILES string of the molecule is Cc1cc(-c2ccccc2)c(=O)oc1-c1ccccc1. The molecule has 0 saturated carbocycles. The molecule has 3 rings (SSSR count). The van der Waals surface area contributed by atoms with Crippen molar-refractivity contribution < 1.29 is 4.42 Å². The summed E-state index contributed by atoms with van der Waals surface area (Å²) < 4.78 is 5.52. The summed E-state index contributed by atoms with van der Waals surface area (Å²) in [6.07, 6.45) is 0. The lowest BCUT2D eigenvalue weighted by Crippen LogP contribution is -2.04. The minimum absolute atomic E-state index is 0.305. The Kier molecular flexibility index (Phi) is 3.21. The van der Waals surface area contributed by atoms with E-state index in [0.717, 1.165) is 16.7 Å². The summed E-state index contributed by atoms with van der Waals surface area (Å²) in [6, 6.07) is 21.1. The molecule has 0 fully saturated rings. The second-order valence-electron chi connectivity index (χ2n) is 4.69. The number of hydrogen-bond donors (Lipinski definition) is 0. The highest BCUT2D eigenvalue weighted by molar-refractivity contribution is 5.67. The maximum absolute atomic E-state index is 12.2. The zero-order valence-electron chi connectivity index (χ0n) is 11.2. The zero-order valence-corrected chi connectivity index (χ0v) is 11.2. The standard InChI is InChI=1S/C18H14O2/c1-13-12-16(14-8-4-2-5-9-14)18(19)20-17(13)15-10-6-3-7-11-15/h2-12H,1H3. The molecule has 2 aromatic carbocycles. The fraction of sp³-hybridized carbons (Fsp3) is 0.0556. The lowest BCUT2D eigenvalue weighted by molar-refractivity contribution is 0.525. The quantitative estimate of drug-likeness (QED) is 0.690. The molecule has 0 unspecified atom stereocenters. The van der Waals surface area contributed by atoms with E-state index in [-0.39, 0.29) is 5.63 Å². The lowest BCUT2D eigenvalue weighted by Gasteiger charge is -2.07. The fourth-order valence-electron chi connectivity index (χ4n) is 2.26. The first-order valence-corrected chi connectivity index (χ1v) is 6.51. The van der Waals surface area contributed by atoms with E-state index in [1.807, 2.05) is 73.7 Å². The van der Waals surface area contributed by atoms with Gasteiger partial charge < -0.3 is 4.42 Å². The third kappa shape index (κ3) is 2.28. The fourth-order valence-corrected chi connectivity index (χ4v) is 2.26. The van der Waals surface area contributed by atoms with Crippen LogP contribution < -0.4 is 5.63 Å². The molecule has 1 heterocycles. The Labute approximate surface area is 117 Å². The molecule has 0 saturated heterocycles. The van der Waals surface area contributed by atoms with Crippen molar-refractivity contribution in [2.45, 2.75) is 6.92 Å². The van der Waals surface area contributed by atoms with Crippen molar-refractivity contribution in [3.8, 4) is 22.5 Å². The Morgan fingerprint density at radius 3 is 1.95 bits per heavy atom. The topological polar surface area (TPSA) is 30.2 Å². The maximum Gasteiger partial charge on any atom is 0.344 e. The first kappa shape index (κ1) is 12.4. The van der Waals surface area contributed by atoms with Crippen molar-refractivity contribution in [3.05, 3.63) is 82.7 Å². The van der Waals surface area contributed by atoms with E-state index in [1.165, 1.54) is 0 Å². The van der Waals surface area contributed by atoms with Crippen molar-refractivity contribution >= 4 is 0 Å². The van der Waals surface area contributed by atoms with Gasteiger partial charge in [-0.25, -0.2) is 4.79 Å². The number of hydrogen-bond acceptors (Lipinski definition) is 2. The molecular formula is C18H14O2. The van der Waals surface area contributed by atoms with Gasteiger partial charge in [0.05, 0.1) is 5.56 Å². The van der Waals surface area contributed by atoms with Crippen LogP contribution in [0, 0.1) is 6.92 Å². The lowest BCUT2D eigenvalue weighted by atomic mass is 10.0. The molecule has 0 aliphatic carbocycles. The molecule has 0 aliphatic rings. The Morgan fingerprint density at radius 1 is 0.800 bits per heavy atom. The Hall–Kier alpha value is -2.61. The second-order valence-corrected chi connectivity index (χ2v) is 4.69. The number of benzene rings is 2. The van der Waals surface area contributed by atoms with Crippen LogP contribution in [-0.2, 0) is 0 Å². The molecule has 0 bridgehead atoms. The molecule has 0 atom stereocenters. The van der Waals surface area contributed by atoms with Gasteiger partial charge in [-0.05, 0) is 24.1 Å². The predicted octanol–water partition coefficient (Wildman–Crippen LogP) is 4.28. The van der Waals surface area contributed by atoms with Crippen LogP contribution in [0.1, 0.15) is 5.56 Å². The zero-order chi connectivity index (χ0) is 13.9. The summed E-state index contributed by atoms with van der Waals surface area (Å²) in [7, 11) is 0. The normalized spacial score (nSPS) is 10.4. The monoisotopic (exact) mass is 262 g/mol. The van der Waals surface area contributed by atoms with Crippen molar-refractivity contribution in [2.75, 3.05) is 0 Å². The molecule has 2 heteroatoms. The van der Waals surface area contributed by atoms with Gasteiger partial charge in [-0.1, -0.05) is 60.7 Å². The van der Waals surface area contributed by atoms with Crippen LogP contribution in [0.15, 0.2) is 75.9 Å². The Morgan fingerprint density at radius 2 is 1.35 bits per heavy atom. The third-order valence-corrected chi connectivity index (χ3v) is 3.25. The van der Waals surface area contributed by atoms with E-state index in [2.05, 4.69) is 0 Å². The summed E-state index contributed by atoms with van der Waals surface area (Å²) >= 11 is 0. The first-order valence-electron chi connectivity index (χ1n) is 6.51. The van der Waals surface area contributed by atoms with Crippen LogP contribution in [-0.4, -0.2) is 0 Å². The molecule has 20 heavy (non-hydrogen) atoms. The van der Waals surface area contributed by atoms with Gasteiger partial charge in [-0.2, -0.15) is 0 Å². The van der Waals surface area contributed by atoms with Crippen LogP contribution in [0.25, 0.3) is 22.5 Å². The van der Waals surface area contributed by atoms with Gasteiger partial charge in [0.15, 0.2) is 0 Å². The van der Waals surface area contributed by atoms with E-state index in [0.29, 0.717) is 11.3 Å². The van der Waals surface area contributed by atoms with Gasteiger partial charge in [0.25, 0.3) is 0 Å². The molecule has 3 aromatic rings. The summed E-state index contributed by atoms with van der Waals surface area (Å²) in [5, 5.41) is 0. The highest BCUT2D eigenvalue weighted by atomic mass is 16.4. The molecule has 1 aromatic heterocycles. The van der Waals surface area contributed by atoms with Crippen molar-refractivity contribution in [1.29, 1.82) is 0 Å². The molecular weight excluding hydrogens is 248 g/mol. The second kappa shape index (κ2) is 5.17. The van der Waals surface area contributed by atoms with E-state index in [1.54, 1.807) is 0 Å². The van der Waals surface area contributed by atoms with Crippen molar-refractivity contribution in [3.63, 3.8) is 0 Å².